The minimum absolute atomic E-state index is 0.656. The molecule has 0 heterocycles. The molecule has 0 saturated carbocycles. The second-order valence-electron chi connectivity index (χ2n) is 4.13. The van der Waals surface area contributed by atoms with Crippen LogP contribution in [0.2, 0.25) is 0 Å². The molecule has 1 aromatic carbocycles. The lowest BCUT2D eigenvalue weighted by atomic mass is 10.0. The molecule has 0 amide bonds. The van der Waals surface area contributed by atoms with Crippen LogP contribution in [0.15, 0.2) is 30.3 Å². The number of rotatable bonds is 6. The first-order valence-electron chi connectivity index (χ1n) is 5.48. The van der Waals surface area contributed by atoms with Crippen LogP contribution < -0.4 is 0 Å². The molecule has 0 aliphatic heterocycles. The van der Waals surface area contributed by atoms with Gasteiger partial charge < -0.3 is 0 Å². The number of hydrogen-bond acceptors (Lipinski definition) is 2. The summed E-state index contributed by atoms with van der Waals surface area (Å²) in [6.45, 7) is 4.59. The summed E-state index contributed by atoms with van der Waals surface area (Å²) in [5, 5.41) is 0.656. The van der Waals surface area contributed by atoms with Crippen LogP contribution in [-0.2, 0) is 0 Å². The Morgan fingerprint density at radius 3 is 2.27 bits per heavy atom. The van der Waals surface area contributed by atoms with Crippen molar-refractivity contribution in [2.75, 3.05) is 6.26 Å². The Hall–Kier alpha value is -0.0800. The normalized spacial score (nSPS) is 13.1. The smallest absolute Gasteiger partial charge is 0.0401 e. The molecule has 0 aliphatic rings. The largest absolute Gasteiger partial charge is 0.0970 e. The summed E-state index contributed by atoms with van der Waals surface area (Å²) in [6, 6.07) is 10.9. The molecule has 0 nitrogen and oxygen atoms in total. The zero-order valence-corrected chi connectivity index (χ0v) is 11.4. The van der Waals surface area contributed by atoms with E-state index < -0.39 is 0 Å². The van der Waals surface area contributed by atoms with Gasteiger partial charge in [0.05, 0.1) is 0 Å². The maximum Gasteiger partial charge on any atom is 0.0401 e. The Morgan fingerprint density at radius 2 is 1.73 bits per heavy atom. The summed E-state index contributed by atoms with van der Waals surface area (Å²) in [7, 11) is 3.86. The van der Waals surface area contributed by atoms with E-state index in [9.17, 15) is 0 Å². The Morgan fingerprint density at radius 1 is 1.07 bits per heavy atom. The van der Waals surface area contributed by atoms with Crippen molar-refractivity contribution in [3.63, 3.8) is 0 Å². The van der Waals surface area contributed by atoms with Gasteiger partial charge in [0.1, 0.15) is 0 Å². The minimum atomic E-state index is 0.656. The molecule has 84 valence electrons. The summed E-state index contributed by atoms with van der Waals surface area (Å²) < 4.78 is 0. The lowest BCUT2D eigenvalue weighted by Crippen LogP contribution is -1.96. The van der Waals surface area contributed by atoms with Crippen LogP contribution in [0.4, 0.5) is 0 Å². The molecule has 1 aromatic rings. The van der Waals surface area contributed by atoms with Crippen LogP contribution in [0.5, 0.6) is 0 Å². The second-order valence-corrected chi connectivity index (χ2v) is 6.81. The van der Waals surface area contributed by atoms with E-state index in [-0.39, 0.29) is 0 Å². The zero-order chi connectivity index (χ0) is 11.1. The standard InChI is InChI=1S/C13H20S2/c1-11(2)9-10-13(15-14-3)12-7-5-4-6-8-12/h4-8,11,13H,9-10H2,1-3H3. The van der Waals surface area contributed by atoms with Gasteiger partial charge >= 0.3 is 0 Å². The van der Waals surface area contributed by atoms with Crippen molar-refractivity contribution < 1.29 is 0 Å². The van der Waals surface area contributed by atoms with Crippen molar-refractivity contribution in [1.82, 2.24) is 0 Å². The molecule has 1 unspecified atom stereocenters. The van der Waals surface area contributed by atoms with E-state index in [0.29, 0.717) is 5.25 Å². The van der Waals surface area contributed by atoms with Gasteiger partial charge in [0.2, 0.25) is 0 Å². The highest BCUT2D eigenvalue weighted by Gasteiger charge is 2.11. The van der Waals surface area contributed by atoms with Crippen molar-refractivity contribution >= 4 is 21.6 Å². The SMILES string of the molecule is CSSC(CCC(C)C)c1ccccc1. The van der Waals surface area contributed by atoms with Crippen molar-refractivity contribution in [3.05, 3.63) is 35.9 Å². The topological polar surface area (TPSA) is 0 Å². The van der Waals surface area contributed by atoms with Gasteiger partial charge in [-0.05, 0) is 30.6 Å². The van der Waals surface area contributed by atoms with Gasteiger partial charge in [-0.25, -0.2) is 0 Å². The number of benzene rings is 1. The van der Waals surface area contributed by atoms with Gasteiger partial charge in [-0.1, -0.05) is 65.8 Å². The minimum Gasteiger partial charge on any atom is -0.0970 e. The van der Waals surface area contributed by atoms with Gasteiger partial charge in [-0.15, -0.1) is 0 Å². The first-order valence-corrected chi connectivity index (χ1v) is 8.10. The molecule has 0 spiro atoms. The number of hydrogen-bond donors (Lipinski definition) is 0. The summed E-state index contributed by atoms with van der Waals surface area (Å²) >= 11 is 0. The third-order valence-corrected chi connectivity index (χ3v) is 4.60. The van der Waals surface area contributed by atoms with E-state index >= 15 is 0 Å². The van der Waals surface area contributed by atoms with Gasteiger partial charge in [-0.2, -0.15) is 0 Å². The summed E-state index contributed by atoms with van der Waals surface area (Å²) in [5.41, 5.74) is 1.47. The molecule has 0 radical (unpaired) electrons. The Balaban J connectivity index is 2.57. The third-order valence-electron chi connectivity index (χ3n) is 2.39. The van der Waals surface area contributed by atoms with Crippen molar-refractivity contribution in [1.29, 1.82) is 0 Å². The molecule has 0 aliphatic carbocycles. The second kappa shape index (κ2) is 7.24. The molecule has 0 aromatic heterocycles. The van der Waals surface area contributed by atoms with Crippen LogP contribution in [-0.4, -0.2) is 6.26 Å². The summed E-state index contributed by atoms with van der Waals surface area (Å²) in [5.74, 6) is 0.804. The molecule has 0 fully saturated rings. The lowest BCUT2D eigenvalue weighted by Gasteiger charge is -2.16. The van der Waals surface area contributed by atoms with Gasteiger partial charge in [0.15, 0.2) is 0 Å². The summed E-state index contributed by atoms with van der Waals surface area (Å²) in [4.78, 5) is 0. The van der Waals surface area contributed by atoms with Crippen LogP contribution in [0.3, 0.4) is 0 Å². The van der Waals surface area contributed by atoms with E-state index in [1.54, 1.807) is 0 Å². The van der Waals surface area contributed by atoms with E-state index in [2.05, 4.69) is 50.4 Å². The van der Waals surface area contributed by atoms with Crippen LogP contribution >= 0.6 is 21.6 Å². The van der Waals surface area contributed by atoms with Crippen molar-refractivity contribution in [2.24, 2.45) is 5.92 Å². The molecule has 1 atom stereocenters. The Bertz CT molecular complexity index is 256. The van der Waals surface area contributed by atoms with Gasteiger partial charge in [0.25, 0.3) is 0 Å². The maximum absolute atomic E-state index is 2.30. The Kier molecular flexibility index (Phi) is 6.26. The van der Waals surface area contributed by atoms with Crippen molar-refractivity contribution in [3.8, 4) is 0 Å². The first-order chi connectivity index (χ1) is 7.24. The highest BCUT2D eigenvalue weighted by molar-refractivity contribution is 8.76. The van der Waals surface area contributed by atoms with E-state index in [4.69, 9.17) is 0 Å². The van der Waals surface area contributed by atoms with E-state index in [1.807, 2.05) is 21.6 Å². The van der Waals surface area contributed by atoms with Crippen LogP contribution in [0.25, 0.3) is 0 Å². The molecule has 1 rings (SSSR count). The van der Waals surface area contributed by atoms with Gasteiger partial charge in [0, 0.05) is 5.25 Å². The molecular formula is C13H20S2. The maximum atomic E-state index is 2.30. The van der Waals surface area contributed by atoms with Crippen molar-refractivity contribution in [2.45, 2.75) is 31.9 Å². The monoisotopic (exact) mass is 240 g/mol. The average molecular weight is 240 g/mol. The molecule has 0 bridgehead atoms. The highest BCUT2D eigenvalue weighted by atomic mass is 33.1. The highest BCUT2D eigenvalue weighted by Crippen LogP contribution is 2.40. The van der Waals surface area contributed by atoms with E-state index in [0.717, 1.165) is 5.92 Å². The predicted octanol–water partition coefficient (Wildman–Crippen LogP) is 5.18. The van der Waals surface area contributed by atoms with Crippen LogP contribution in [0.1, 0.15) is 37.5 Å². The molecule has 0 saturated heterocycles. The molecular weight excluding hydrogens is 220 g/mol. The van der Waals surface area contributed by atoms with Crippen LogP contribution in [0, 0.1) is 5.92 Å². The Labute approximate surface area is 102 Å². The fourth-order valence-corrected chi connectivity index (χ4v) is 3.59. The third kappa shape index (κ3) is 4.98. The van der Waals surface area contributed by atoms with Gasteiger partial charge in [-0.3, -0.25) is 0 Å². The molecule has 15 heavy (non-hydrogen) atoms. The lowest BCUT2D eigenvalue weighted by molar-refractivity contribution is 0.552. The first kappa shape index (κ1) is 13.0. The zero-order valence-electron chi connectivity index (χ0n) is 9.77. The quantitative estimate of drug-likeness (QED) is 0.629. The predicted molar refractivity (Wildman–Crippen MR) is 74.4 cm³/mol. The fraction of sp³-hybridized carbons (Fsp3) is 0.538. The van der Waals surface area contributed by atoms with E-state index in [1.165, 1.54) is 18.4 Å². The fourth-order valence-electron chi connectivity index (χ4n) is 1.54. The average Bonchev–Trinajstić information content (AvgIpc) is 2.25. The molecule has 0 N–H and O–H groups in total. The summed E-state index contributed by atoms with van der Waals surface area (Å²) in [6.07, 6.45) is 4.76. The molecule has 2 heteroatoms.